The number of imidazole rings is 1. The van der Waals surface area contributed by atoms with E-state index < -0.39 is 0 Å². The fourth-order valence-electron chi connectivity index (χ4n) is 3.60. The largest absolute Gasteiger partial charge is 0.494 e. The van der Waals surface area contributed by atoms with Gasteiger partial charge in [0.2, 0.25) is 0 Å². The van der Waals surface area contributed by atoms with Crippen LogP contribution in [0, 0.1) is 13.8 Å². The lowest BCUT2D eigenvalue weighted by Crippen LogP contribution is -2.10. The minimum absolute atomic E-state index is 0.170. The average molecular weight is 447 g/mol. The van der Waals surface area contributed by atoms with Crippen molar-refractivity contribution in [2.24, 2.45) is 0 Å². The van der Waals surface area contributed by atoms with E-state index in [4.69, 9.17) is 9.72 Å². The van der Waals surface area contributed by atoms with E-state index in [0.717, 1.165) is 40.1 Å². The number of aryl methyl sites for hydroxylation is 2. The molecule has 2 heterocycles. The third-order valence-corrected chi connectivity index (χ3v) is 6.57. The zero-order valence-corrected chi connectivity index (χ0v) is 20.4. The first kappa shape index (κ1) is 22.1. The van der Waals surface area contributed by atoms with Crippen LogP contribution in [0.5, 0.6) is 5.75 Å². The summed E-state index contributed by atoms with van der Waals surface area (Å²) < 4.78 is 7.59. The number of anilines is 2. The van der Waals surface area contributed by atoms with Crippen LogP contribution < -0.4 is 10.1 Å². The molecule has 0 radical (unpaired) electrons. The number of nitrogens with one attached hydrogen (secondary N) is 1. The second-order valence-electron chi connectivity index (χ2n) is 9.09. The van der Waals surface area contributed by atoms with Gasteiger partial charge in [-0.25, -0.2) is 9.97 Å². The van der Waals surface area contributed by atoms with E-state index in [1.54, 1.807) is 24.8 Å². The van der Waals surface area contributed by atoms with Gasteiger partial charge < -0.3 is 14.6 Å². The van der Waals surface area contributed by atoms with Gasteiger partial charge in [-0.15, -0.1) is 11.3 Å². The summed E-state index contributed by atoms with van der Waals surface area (Å²) in [7, 11) is 1.68. The Morgan fingerprint density at radius 1 is 1.06 bits per heavy atom. The standard InChI is InChI=1S/C26H30N4OS/c1-17-15-30(16-27-17)22-12-11-21(14-23(22)31-6)29-25-28-18(2)24(32-25)13-19-7-9-20(10-8-19)26(3,4)5/h7-12,14-16H,13H2,1-6H3,(H,28,29). The van der Waals surface area contributed by atoms with Gasteiger partial charge in [-0.3, -0.25) is 0 Å². The smallest absolute Gasteiger partial charge is 0.187 e. The number of ether oxygens (including phenoxy) is 1. The number of rotatable bonds is 6. The second-order valence-corrected chi connectivity index (χ2v) is 10.2. The molecule has 4 aromatic rings. The number of aromatic nitrogens is 3. The Hall–Kier alpha value is -3.12. The SMILES string of the molecule is COc1cc(Nc2nc(C)c(Cc3ccc(C(C)(C)C)cc3)s2)ccc1-n1cnc(C)c1. The maximum Gasteiger partial charge on any atom is 0.187 e. The maximum atomic E-state index is 5.62. The van der Waals surface area contributed by atoms with Crippen molar-refractivity contribution in [2.45, 2.75) is 46.5 Å². The zero-order valence-electron chi connectivity index (χ0n) is 19.6. The molecule has 0 saturated carbocycles. The van der Waals surface area contributed by atoms with Crippen molar-refractivity contribution >= 4 is 22.2 Å². The highest BCUT2D eigenvalue weighted by atomic mass is 32.1. The van der Waals surface area contributed by atoms with Crippen molar-refractivity contribution in [1.29, 1.82) is 0 Å². The zero-order chi connectivity index (χ0) is 22.9. The lowest BCUT2D eigenvalue weighted by Gasteiger charge is -2.19. The molecule has 1 N–H and O–H groups in total. The van der Waals surface area contributed by atoms with Crippen LogP contribution in [0.25, 0.3) is 5.69 Å². The molecule has 6 heteroatoms. The summed E-state index contributed by atoms with van der Waals surface area (Å²) in [5, 5.41) is 4.33. The Bertz CT molecular complexity index is 1220. The van der Waals surface area contributed by atoms with E-state index >= 15 is 0 Å². The third kappa shape index (κ3) is 4.86. The molecule has 0 aliphatic rings. The Balaban J connectivity index is 1.51. The lowest BCUT2D eigenvalue weighted by molar-refractivity contribution is 0.413. The molecular formula is C26H30N4OS. The second kappa shape index (κ2) is 8.79. The topological polar surface area (TPSA) is 52.0 Å². The van der Waals surface area contributed by atoms with Crippen LogP contribution in [-0.4, -0.2) is 21.6 Å². The van der Waals surface area contributed by atoms with Crippen molar-refractivity contribution in [3.05, 3.63) is 82.4 Å². The van der Waals surface area contributed by atoms with Crippen molar-refractivity contribution in [3.63, 3.8) is 0 Å². The fraction of sp³-hybridized carbons (Fsp3) is 0.308. The van der Waals surface area contributed by atoms with Crippen molar-refractivity contribution in [3.8, 4) is 11.4 Å². The molecule has 0 aliphatic heterocycles. The molecule has 0 bridgehead atoms. The molecule has 0 unspecified atom stereocenters. The highest BCUT2D eigenvalue weighted by Gasteiger charge is 2.14. The number of hydrogen-bond acceptors (Lipinski definition) is 5. The Kier molecular flexibility index (Phi) is 6.07. The summed E-state index contributed by atoms with van der Waals surface area (Å²) in [4.78, 5) is 10.3. The quantitative estimate of drug-likeness (QED) is 0.363. The van der Waals surface area contributed by atoms with Crippen LogP contribution in [0.1, 0.15) is 48.2 Å². The van der Waals surface area contributed by atoms with Gasteiger partial charge in [0.25, 0.3) is 0 Å². The highest BCUT2D eigenvalue weighted by Crippen LogP contribution is 2.32. The monoisotopic (exact) mass is 446 g/mol. The average Bonchev–Trinajstić information content (AvgIpc) is 3.33. The van der Waals surface area contributed by atoms with Gasteiger partial charge in [-0.1, -0.05) is 45.0 Å². The van der Waals surface area contributed by atoms with Gasteiger partial charge in [-0.05, 0) is 42.5 Å². The van der Waals surface area contributed by atoms with Crippen LogP contribution >= 0.6 is 11.3 Å². The van der Waals surface area contributed by atoms with E-state index in [2.05, 4.69) is 62.3 Å². The van der Waals surface area contributed by atoms with Gasteiger partial charge in [0.15, 0.2) is 5.13 Å². The normalized spacial score (nSPS) is 11.6. The number of benzene rings is 2. The van der Waals surface area contributed by atoms with E-state index in [-0.39, 0.29) is 5.41 Å². The minimum Gasteiger partial charge on any atom is -0.494 e. The van der Waals surface area contributed by atoms with Gasteiger partial charge in [-0.2, -0.15) is 0 Å². The van der Waals surface area contributed by atoms with E-state index in [0.29, 0.717) is 0 Å². The molecule has 166 valence electrons. The first-order valence-electron chi connectivity index (χ1n) is 10.7. The predicted molar refractivity (Wildman–Crippen MR) is 133 cm³/mol. The molecule has 5 nitrogen and oxygen atoms in total. The molecule has 4 rings (SSSR count). The molecule has 2 aromatic heterocycles. The molecule has 32 heavy (non-hydrogen) atoms. The summed E-state index contributed by atoms with van der Waals surface area (Å²) in [6.45, 7) is 10.8. The first-order chi connectivity index (χ1) is 15.2. The van der Waals surface area contributed by atoms with Crippen molar-refractivity contribution in [1.82, 2.24) is 14.5 Å². The number of thiazole rings is 1. The van der Waals surface area contributed by atoms with Gasteiger partial charge in [0.05, 0.1) is 30.5 Å². The summed E-state index contributed by atoms with van der Waals surface area (Å²) >= 11 is 1.70. The summed E-state index contributed by atoms with van der Waals surface area (Å²) in [6, 6.07) is 15.0. The Labute approximate surface area is 194 Å². The van der Waals surface area contributed by atoms with Gasteiger partial charge in [0, 0.05) is 29.2 Å². The summed E-state index contributed by atoms with van der Waals surface area (Å²) in [5.41, 5.74) is 6.75. The van der Waals surface area contributed by atoms with Crippen LogP contribution in [-0.2, 0) is 11.8 Å². The Morgan fingerprint density at radius 3 is 2.44 bits per heavy atom. The summed E-state index contributed by atoms with van der Waals surface area (Å²) in [6.07, 6.45) is 4.66. The van der Waals surface area contributed by atoms with Crippen LogP contribution in [0.15, 0.2) is 55.0 Å². The number of methoxy groups -OCH3 is 1. The number of hydrogen-bond donors (Lipinski definition) is 1. The molecule has 0 saturated heterocycles. The van der Waals surface area contributed by atoms with Gasteiger partial charge in [0.1, 0.15) is 5.75 Å². The van der Waals surface area contributed by atoms with Crippen molar-refractivity contribution < 1.29 is 4.74 Å². The number of nitrogens with zero attached hydrogens (tertiary/aromatic N) is 3. The van der Waals surface area contributed by atoms with E-state index in [9.17, 15) is 0 Å². The van der Waals surface area contributed by atoms with Crippen LogP contribution in [0.4, 0.5) is 10.8 Å². The summed E-state index contributed by atoms with van der Waals surface area (Å²) in [5.74, 6) is 0.778. The minimum atomic E-state index is 0.170. The molecule has 0 amide bonds. The van der Waals surface area contributed by atoms with E-state index in [1.807, 2.05) is 35.9 Å². The fourth-order valence-corrected chi connectivity index (χ4v) is 4.62. The molecular weight excluding hydrogens is 416 g/mol. The lowest BCUT2D eigenvalue weighted by atomic mass is 9.86. The predicted octanol–water partition coefficient (Wildman–Crippen LogP) is 6.59. The Morgan fingerprint density at radius 2 is 1.81 bits per heavy atom. The molecule has 2 aromatic carbocycles. The molecule has 0 fully saturated rings. The molecule has 0 aliphatic carbocycles. The van der Waals surface area contributed by atoms with E-state index in [1.165, 1.54) is 16.0 Å². The molecule has 0 spiro atoms. The highest BCUT2D eigenvalue weighted by molar-refractivity contribution is 7.15. The third-order valence-electron chi connectivity index (χ3n) is 5.50. The van der Waals surface area contributed by atoms with Crippen LogP contribution in [0.3, 0.4) is 0 Å². The van der Waals surface area contributed by atoms with Crippen molar-refractivity contribution in [2.75, 3.05) is 12.4 Å². The molecule has 0 atom stereocenters. The first-order valence-corrected chi connectivity index (χ1v) is 11.6. The van der Waals surface area contributed by atoms with Gasteiger partial charge >= 0.3 is 0 Å². The van der Waals surface area contributed by atoms with Crippen LogP contribution in [0.2, 0.25) is 0 Å². The maximum absolute atomic E-state index is 5.62.